The van der Waals surface area contributed by atoms with Gasteiger partial charge in [0.25, 0.3) is 5.56 Å². The van der Waals surface area contributed by atoms with Crippen LogP contribution in [0.25, 0.3) is 0 Å². The van der Waals surface area contributed by atoms with Crippen molar-refractivity contribution in [1.82, 2.24) is 9.78 Å². The Bertz CT molecular complexity index is 721. The van der Waals surface area contributed by atoms with Crippen LogP contribution in [0.3, 0.4) is 0 Å². The minimum absolute atomic E-state index is 0.00190. The van der Waals surface area contributed by atoms with Crippen molar-refractivity contribution in [3.63, 3.8) is 0 Å². The average molecular weight is 369 g/mol. The number of nitrogens with zero attached hydrogens (tertiary/aromatic N) is 2. The zero-order valence-electron chi connectivity index (χ0n) is 15.2. The lowest BCUT2D eigenvalue weighted by Gasteiger charge is -2.21. The molecular weight excluding hydrogens is 344 g/mol. The zero-order valence-corrected chi connectivity index (χ0v) is 16.0. The van der Waals surface area contributed by atoms with Crippen LogP contribution in [-0.2, 0) is 23.5 Å². The predicted octanol–water partition coefficient (Wildman–Crippen LogP) is 2.99. The standard InChI is InChI=1S/C16H19ClN2O3.C2H6O/c1-16(2,3)19-15(21)14(17)13(8-18-19)22-10-12-6-4-11(9-20)5-7-12;1-3-2/h4-8,20H,9-10H2,1-3H3;1-2H3. The van der Waals surface area contributed by atoms with E-state index in [9.17, 15) is 4.79 Å². The molecule has 0 saturated carbocycles. The minimum atomic E-state index is -0.445. The van der Waals surface area contributed by atoms with E-state index in [0.717, 1.165) is 11.1 Å². The number of rotatable bonds is 4. The molecular formula is C18H25ClN2O4. The molecule has 1 N–H and O–H groups in total. The fourth-order valence-electron chi connectivity index (χ4n) is 1.90. The second-order valence-electron chi connectivity index (χ2n) is 6.38. The zero-order chi connectivity index (χ0) is 19.0. The highest BCUT2D eigenvalue weighted by Gasteiger charge is 2.19. The van der Waals surface area contributed by atoms with Gasteiger partial charge >= 0.3 is 0 Å². The second kappa shape index (κ2) is 9.56. The molecule has 7 heteroatoms. The number of halogens is 1. The van der Waals surface area contributed by atoms with E-state index >= 15 is 0 Å². The fourth-order valence-corrected chi connectivity index (χ4v) is 2.08. The molecule has 0 fully saturated rings. The first-order valence-corrected chi connectivity index (χ1v) is 8.12. The molecule has 138 valence electrons. The lowest BCUT2D eigenvalue weighted by molar-refractivity contribution is 0.277. The van der Waals surface area contributed by atoms with Crippen LogP contribution in [0.15, 0.2) is 35.3 Å². The Morgan fingerprint density at radius 2 is 1.68 bits per heavy atom. The van der Waals surface area contributed by atoms with Crippen LogP contribution in [0.5, 0.6) is 5.75 Å². The maximum Gasteiger partial charge on any atom is 0.289 e. The monoisotopic (exact) mass is 368 g/mol. The SMILES string of the molecule is CC(C)(C)n1ncc(OCc2ccc(CO)cc2)c(Cl)c1=O.COC. The Kier molecular flexibility index (Phi) is 8.09. The van der Waals surface area contributed by atoms with E-state index in [4.69, 9.17) is 21.4 Å². The van der Waals surface area contributed by atoms with Gasteiger partial charge in [0.05, 0.1) is 18.3 Å². The smallest absolute Gasteiger partial charge is 0.289 e. The average Bonchev–Trinajstić information content (AvgIpc) is 2.56. The topological polar surface area (TPSA) is 73.6 Å². The number of methoxy groups -OCH3 is 1. The van der Waals surface area contributed by atoms with Gasteiger partial charge in [-0.1, -0.05) is 35.9 Å². The van der Waals surface area contributed by atoms with Gasteiger partial charge in [-0.2, -0.15) is 5.10 Å². The molecule has 0 amide bonds. The molecule has 0 bridgehead atoms. The van der Waals surface area contributed by atoms with Crippen molar-refractivity contribution in [3.05, 3.63) is 57.0 Å². The quantitative estimate of drug-likeness (QED) is 0.898. The predicted molar refractivity (Wildman–Crippen MR) is 98.1 cm³/mol. The fraction of sp³-hybridized carbons (Fsp3) is 0.444. The van der Waals surface area contributed by atoms with Gasteiger partial charge in [-0.15, -0.1) is 0 Å². The minimum Gasteiger partial charge on any atom is -0.485 e. The molecule has 0 atom stereocenters. The Balaban J connectivity index is 0.000000970. The molecule has 1 aromatic heterocycles. The van der Waals surface area contributed by atoms with E-state index in [1.165, 1.54) is 10.9 Å². The van der Waals surface area contributed by atoms with Crippen LogP contribution in [0.2, 0.25) is 5.02 Å². The first kappa shape index (κ1) is 21.2. The molecule has 6 nitrogen and oxygen atoms in total. The molecule has 2 aromatic rings. The van der Waals surface area contributed by atoms with Crippen molar-refractivity contribution in [2.24, 2.45) is 0 Å². The van der Waals surface area contributed by atoms with Crippen molar-refractivity contribution in [2.75, 3.05) is 14.2 Å². The summed E-state index contributed by atoms with van der Waals surface area (Å²) in [6.45, 7) is 5.90. The third-order valence-electron chi connectivity index (χ3n) is 3.12. The van der Waals surface area contributed by atoms with Gasteiger partial charge in [0.2, 0.25) is 0 Å². The molecule has 0 spiro atoms. The van der Waals surface area contributed by atoms with E-state index in [2.05, 4.69) is 9.84 Å². The summed E-state index contributed by atoms with van der Waals surface area (Å²) in [5, 5.41) is 13.1. The highest BCUT2D eigenvalue weighted by Crippen LogP contribution is 2.21. The van der Waals surface area contributed by atoms with Crippen LogP contribution in [0, 0.1) is 0 Å². The van der Waals surface area contributed by atoms with Gasteiger partial charge in [-0.05, 0) is 31.9 Å². The van der Waals surface area contributed by atoms with Crippen LogP contribution < -0.4 is 10.3 Å². The normalized spacial score (nSPS) is 10.8. The van der Waals surface area contributed by atoms with E-state index in [-0.39, 0.29) is 29.5 Å². The molecule has 0 saturated heterocycles. The van der Waals surface area contributed by atoms with Gasteiger partial charge in [-0.25, -0.2) is 4.68 Å². The van der Waals surface area contributed by atoms with Gasteiger partial charge in [0, 0.05) is 14.2 Å². The van der Waals surface area contributed by atoms with Crippen LogP contribution in [0.1, 0.15) is 31.9 Å². The molecule has 25 heavy (non-hydrogen) atoms. The number of benzene rings is 1. The molecule has 0 aliphatic heterocycles. The number of hydrogen-bond donors (Lipinski definition) is 1. The van der Waals surface area contributed by atoms with Gasteiger partial charge in [-0.3, -0.25) is 4.79 Å². The summed E-state index contributed by atoms with van der Waals surface area (Å²) in [4.78, 5) is 12.2. The number of aliphatic hydroxyl groups is 1. The van der Waals surface area contributed by atoms with Crippen molar-refractivity contribution in [2.45, 2.75) is 39.5 Å². The highest BCUT2D eigenvalue weighted by atomic mass is 35.5. The number of aliphatic hydroxyl groups excluding tert-OH is 1. The van der Waals surface area contributed by atoms with Gasteiger partial charge in [0.1, 0.15) is 6.61 Å². The summed E-state index contributed by atoms with van der Waals surface area (Å²) in [6.07, 6.45) is 1.46. The number of ether oxygens (including phenoxy) is 2. The van der Waals surface area contributed by atoms with Gasteiger partial charge < -0.3 is 14.6 Å². The largest absolute Gasteiger partial charge is 0.485 e. The Morgan fingerprint density at radius 3 is 2.16 bits per heavy atom. The molecule has 1 aromatic carbocycles. The van der Waals surface area contributed by atoms with Crippen LogP contribution >= 0.6 is 11.6 Å². The van der Waals surface area contributed by atoms with E-state index in [0.29, 0.717) is 0 Å². The second-order valence-corrected chi connectivity index (χ2v) is 6.76. The summed E-state index contributed by atoms with van der Waals surface area (Å²) in [5.74, 6) is 0.262. The first-order chi connectivity index (χ1) is 11.7. The summed E-state index contributed by atoms with van der Waals surface area (Å²) in [6, 6.07) is 7.33. The van der Waals surface area contributed by atoms with Gasteiger partial charge in [0.15, 0.2) is 10.8 Å². The molecule has 0 radical (unpaired) electrons. The lowest BCUT2D eigenvalue weighted by Crippen LogP contribution is -2.36. The number of hydrogen-bond acceptors (Lipinski definition) is 5. The molecule has 0 unspecified atom stereocenters. The summed E-state index contributed by atoms with van der Waals surface area (Å²) in [7, 11) is 3.25. The maximum absolute atomic E-state index is 12.2. The third-order valence-corrected chi connectivity index (χ3v) is 3.47. The summed E-state index contributed by atoms with van der Waals surface area (Å²) >= 11 is 6.09. The molecule has 2 rings (SSSR count). The highest BCUT2D eigenvalue weighted by molar-refractivity contribution is 6.31. The van der Waals surface area contributed by atoms with Crippen molar-refractivity contribution in [3.8, 4) is 5.75 Å². The number of aromatic nitrogens is 2. The Morgan fingerprint density at radius 1 is 1.16 bits per heavy atom. The maximum atomic E-state index is 12.2. The van der Waals surface area contributed by atoms with E-state index < -0.39 is 5.54 Å². The van der Waals surface area contributed by atoms with E-state index in [1.54, 1.807) is 14.2 Å². The summed E-state index contributed by atoms with van der Waals surface area (Å²) in [5.41, 5.74) is 0.922. The third kappa shape index (κ3) is 6.16. The van der Waals surface area contributed by atoms with Crippen molar-refractivity contribution in [1.29, 1.82) is 0 Å². The van der Waals surface area contributed by atoms with Crippen LogP contribution in [0.4, 0.5) is 0 Å². The van der Waals surface area contributed by atoms with Crippen molar-refractivity contribution >= 4 is 11.6 Å². The van der Waals surface area contributed by atoms with Crippen molar-refractivity contribution < 1.29 is 14.6 Å². The van der Waals surface area contributed by atoms with E-state index in [1.807, 2.05) is 45.0 Å². The summed E-state index contributed by atoms with van der Waals surface area (Å²) < 4.78 is 11.2. The molecule has 0 aliphatic carbocycles. The first-order valence-electron chi connectivity index (χ1n) is 7.74. The molecule has 0 aliphatic rings. The molecule has 1 heterocycles. The van der Waals surface area contributed by atoms with Crippen LogP contribution in [-0.4, -0.2) is 29.1 Å². The lowest BCUT2D eigenvalue weighted by atomic mass is 10.1. The Labute approximate surface area is 153 Å². The Hall–Kier alpha value is -1.89.